The van der Waals surface area contributed by atoms with Crippen LogP contribution in [0, 0.1) is 0 Å². The third-order valence-electron chi connectivity index (χ3n) is 5.44. The van der Waals surface area contributed by atoms with E-state index in [4.69, 9.17) is 0 Å². The van der Waals surface area contributed by atoms with Crippen LogP contribution in [0.15, 0.2) is 48.5 Å². The summed E-state index contributed by atoms with van der Waals surface area (Å²) in [6.07, 6.45) is 0. The Morgan fingerprint density at radius 1 is 0.500 bits per heavy atom. The number of halogens is 4. The highest BCUT2D eigenvalue weighted by Gasteiger charge is 2.50. The second kappa shape index (κ2) is 4.61. The van der Waals surface area contributed by atoms with Crippen molar-refractivity contribution in [3.63, 3.8) is 0 Å². The summed E-state index contributed by atoms with van der Waals surface area (Å²) in [7, 11) is 3.48. The summed E-state index contributed by atoms with van der Waals surface area (Å²) in [4.78, 5) is 0. The van der Waals surface area contributed by atoms with Gasteiger partial charge in [0.25, 0.3) is 11.8 Å². The van der Waals surface area contributed by atoms with Crippen molar-refractivity contribution in [3.05, 3.63) is 70.8 Å². The van der Waals surface area contributed by atoms with Crippen LogP contribution in [0.3, 0.4) is 0 Å². The molecule has 3 aromatic carbocycles. The lowest BCUT2D eigenvalue weighted by Crippen LogP contribution is -2.15. The van der Waals surface area contributed by atoms with Crippen LogP contribution >= 0.6 is 0 Å². The summed E-state index contributed by atoms with van der Waals surface area (Å²) in [5.74, 6) is -6.37. The number of rotatable bonds is 0. The highest BCUT2D eigenvalue weighted by atomic mass is 19.3. The molecule has 0 bridgehead atoms. The van der Waals surface area contributed by atoms with E-state index in [1.807, 2.05) is 0 Å². The molecule has 6 heteroatoms. The van der Waals surface area contributed by atoms with Crippen LogP contribution in [0.2, 0.25) is 0 Å². The van der Waals surface area contributed by atoms with Crippen molar-refractivity contribution in [1.82, 2.24) is 0 Å². The van der Waals surface area contributed by atoms with Crippen molar-refractivity contribution in [1.29, 1.82) is 0 Å². The maximum absolute atomic E-state index is 15.0. The smallest absolute Gasteiger partial charge is 0.196 e. The van der Waals surface area contributed by atoms with Crippen LogP contribution in [-0.2, 0) is 11.8 Å². The first-order valence-electron chi connectivity index (χ1n) is 8.39. The fraction of sp³-hybridized carbons (Fsp3) is 0.100. The zero-order valence-electron chi connectivity index (χ0n) is 14.1. The summed E-state index contributed by atoms with van der Waals surface area (Å²) in [5.41, 5.74) is 1.91. The standard InChI is InChI=1S/C20H12B2F4/c21-9-1-3-11-13-7-18-14(8-17(13)19(23,24)15(11)5-9)12-4-2-10(22)6-16(12)20(18,25)26/h1-8H,21-22H2. The second-order valence-electron chi connectivity index (χ2n) is 7.19. The summed E-state index contributed by atoms with van der Waals surface area (Å²) >= 11 is 0. The first-order valence-corrected chi connectivity index (χ1v) is 8.39. The maximum atomic E-state index is 15.0. The van der Waals surface area contributed by atoms with Gasteiger partial charge < -0.3 is 0 Å². The van der Waals surface area contributed by atoms with Crippen LogP contribution in [0.5, 0.6) is 0 Å². The minimum absolute atomic E-state index is 0.108. The largest absolute Gasteiger partial charge is 0.299 e. The Morgan fingerprint density at radius 3 is 1.23 bits per heavy atom. The number of fused-ring (bicyclic) bond motifs is 6. The molecule has 0 atom stereocenters. The first-order chi connectivity index (χ1) is 12.2. The van der Waals surface area contributed by atoms with Gasteiger partial charge in [-0.05, 0) is 34.4 Å². The molecule has 3 aromatic rings. The Kier molecular flexibility index (Phi) is 2.79. The summed E-state index contributed by atoms with van der Waals surface area (Å²) in [6.45, 7) is 0. The van der Waals surface area contributed by atoms with Crippen molar-refractivity contribution in [2.24, 2.45) is 0 Å². The van der Waals surface area contributed by atoms with Crippen molar-refractivity contribution in [2.75, 3.05) is 0 Å². The van der Waals surface area contributed by atoms with Crippen LogP contribution in [0.4, 0.5) is 17.6 Å². The average Bonchev–Trinajstić information content (AvgIpc) is 2.93. The fourth-order valence-electron chi connectivity index (χ4n) is 4.16. The Bertz CT molecular complexity index is 1030. The predicted octanol–water partition coefficient (Wildman–Crippen LogP) is 2.44. The predicted molar refractivity (Wildman–Crippen MR) is 99.7 cm³/mol. The normalized spacial score (nSPS) is 17.4. The molecule has 0 unspecified atom stereocenters. The van der Waals surface area contributed by atoms with Crippen molar-refractivity contribution < 1.29 is 17.6 Å². The molecule has 5 rings (SSSR count). The van der Waals surface area contributed by atoms with Gasteiger partial charge in [-0.1, -0.05) is 47.3 Å². The molecule has 0 aliphatic heterocycles. The fourth-order valence-corrected chi connectivity index (χ4v) is 4.16. The molecule has 0 saturated heterocycles. The van der Waals surface area contributed by atoms with Crippen LogP contribution in [-0.4, -0.2) is 15.7 Å². The topological polar surface area (TPSA) is 0 Å². The van der Waals surface area contributed by atoms with Crippen molar-refractivity contribution in [2.45, 2.75) is 11.8 Å². The second-order valence-corrected chi connectivity index (χ2v) is 7.19. The highest BCUT2D eigenvalue weighted by molar-refractivity contribution is 6.32. The SMILES string of the molecule is Bc1ccc2c(c1)C(F)(F)c1cc3c(cc1-2)C(F)(F)c1cc(B)ccc1-3. The number of hydrogen-bond donors (Lipinski definition) is 0. The van der Waals surface area contributed by atoms with E-state index in [0.717, 1.165) is 10.9 Å². The lowest BCUT2D eigenvalue weighted by Gasteiger charge is -2.15. The lowest BCUT2D eigenvalue weighted by molar-refractivity contribution is 0.0451. The van der Waals surface area contributed by atoms with Crippen molar-refractivity contribution in [3.8, 4) is 22.3 Å². The van der Waals surface area contributed by atoms with Gasteiger partial charge in [-0.2, -0.15) is 17.6 Å². The first kappa shape index (κ1) is 15.7. The molecule has 126 valence electrons. The van der Waals surface area contributed by atoms with Gasteiger partial charge in [-0.15, -0.1) is 0 Å². The number of hydrogen-bond acceptors (Lipinski definition) is 0. The molecule has 0 spiro atoms. The van der Waals surface area contributed by atoms with Gasteiger partial charge in [0.15, 0.2) is 0 Å². The molecule has 0 aromatic heterocycles. The van der Waals surface area contributed by atoms with E-state index in [0.29, 0.717) is 11.1 Å². The van der Waals surface area contributed by atoms with E-state index >= 15 is 17.6 Å². The van der Waals surface area contributed by atoms with Gasteiger partial charge in [0.05, 0.1) is 0 Å². The van der Waals surface area contributed by atoms with Crippen LogP contribution < -0.4 is 10.9 Å². The minimum atomic E-state index is -3.19. The third kappa shape index (κ3) is 1.77. The monoisotopic (exact) mass is 350 g/mol. The van der Waals surface area contributed by atoms with Gasteiger partial charge in [0.2, 0.25) is 0 Å². The van der Waals surface area contributed by atoms with Crippen LogP contribution in [0.1, 0.15) is 22.3 Å². The van der Waals surface area contributed by atoms with Gasteiger partial charge in [-0.3, -0.25) is 0 Å². The van der Waals surface area contributed by atoms with Gasteiger partial charge in [0, 0.05) is 22.3 Å². The minimum Gasteiger partial charge on any atom is -0.196 e. The highest BCUT2D eigenvalue weighted by Crippen LogP contribution is 2.57. The molecule has 2 aliphatic carbocycles. The Labute approximate surface area is 149 Å². The summed E-state index contributed by atoms with van der Waals surface area (Å²) in [5, 5.41) is 0. The molecule has 0 radical (unpaired) electrons. The molecule has 0 heterocycles. The van der Waals surface area contributed by atoms with Gasteiger partial charge in [0.1, 0.15) is 15.7 Å². The third-order valence-corrected chi connectivity index (χ3v) is 5.44. The molecule has 0 fully saturated rings. The zero-order valence-corrected chi connectivity index (χ0v) is 14.1. The molecule has 0 N–H and O–H groups in total. The van der Waals surface area contributed by atoms with Crippen LogP contribution in [0.25, 0.3) is 22.3 Å². The van der Waals surface area contributed by atoms with E-state index < -0.39 is 11.8 Å². The summed E-state index contributed by atoms with van der Waals surface area (Å²) in [6, 6.07) is 12.1. The molecular weight excluding hydrogens is 338 g/mol. The summed E-state index contributed by atoms with van der Waals surface area (Å²) < 4.78 is 60.1. The molecule has 26 heavy (non-hydrogen) atoms. The van der Waals surface area contributed by atoms with E-state index in [1.54, 1.807) is 40.0 Å². The molecule has 0 amide bonds. The number of benzene rings is 3. The molecule has 0 nitrogen and oxygen atoms in total. The molecule has 0 saturated carbocycles. The Balaban J connectivity index is 1.84. The molecule has 2 aliphatic rings. The molecular formula is C20H12B2F4. The van der Waals surface area contributed by atoms with E-state index in [-0.39, 0.29) is 33.4 Å². The average molecular weight is 350 g/mol. The van der Waals surface area contributed by atoms with E-state index in [1.165, 1.54) is 24.3 Å². The maximum Gasteiger partial charge on any atom is 0.299 e. The Hall–Kier alpha value is -2.49. The lowest BCUT2D eigenvalue weighted by atomic mass is 9.91. The number of alkyl halides is 4. The van der Waals surface area contributed by atoms with E-state index in [9.17, 15) is 0 Å². The zero-order chi connectivity index (χ0) is 18.4. The van der Waals surface area contributed by atoms with Gasteiger partial charge >= 0.3 is 0 Å². The van der Waals surface area contributed by atoms with Crippen molar-refractivity contribution >= 4 is 26.6 Å². The van der Waals surface area contributed by atoms with E-state index in [2.05, 4.69) is 0 Å². The Morgan fingerprint density at radius 2 is 0.846 bits per heavy atom. The van der Waals surface area contributed by atoms with Gasteiger partial charge in [-0.25, -0.2) is 0 Å². The quantitative estimate of drug-likeness (QED) is 0.432.